The molecule has 8 heteroatoms. The van der Waals surface area contributed by atoms with Gasteiger partial charge in [-0.2, -0.15) is 17.0 Å². The maximum Gasteiger partial charge on any atom is 0.282 e. The third-order valence-corrected chi connectivity index (χ3v) is 6.80. The molecule has 26 heavy (non-hydrogen) atoms. The van der Waals surface area contributed by atoms with Crippen LogP contribution in [0.4, 0.5) is 11.5 Å². The van der Waals surface area contributed by atoms with Gasteiger partial charge in [0.25, 0.3) is 10.2 Å². The van der Waals surface area contributed by atoms with Gasteiger partial charge < -0.3 is 5.32 Å². The highest BCUT2D eigenvalue weighted by molar-refractivity contribution is 7.86. The van der Waals surface area contributed by atoms with Gasteiger partial charge in [0, 0.05) is 25.8 Å². The minimum Gasteiger partial charge on any atom is -0.339 e. The van der Waals surface area contributed by atoms with Crippen molar-refractivity contribution in [3.63, 3.8) is 0 Å². The van der Waals surface area contributed by atoms with Gasteiger partial charge in [0.2, 0.25) is 0 Å². The van der Waals surface area contributed by atoms with Gasteiger partial charge in [-0.25, -0.2) is 4.98 Å². The van der Waals surface area contributed by atoms with Crippen LogP contribution in [0.1, 0.15) is 38.4 Å². The number of hydrogen-bond acceptors (Lipinski definition) is 5. The molecule has 1 atom stereocenters. The molecule has 1 aliphatic rings. The lowest BCUT2D eigenvalue weighted by atomic mass is 10.1. The Morgan fingerprint density at radius 3 is 2.62 bits per heavy atom. The molecule has 0 bridgehead atoms. The first kappa shape index (κ1) is 18.8. The zero-order chi connectivity index (χ0) is 18.6. The van der Waals surface area contributed by atoms with Crippen LogP contribution in [0.5, 0.6) is 0 Å². The molecular formula is C18H25N5O2S. The lowest BCUT2D eigenvalue weighted by Gasteiger charge is -2.29. The third kappa shape index (κ3) is 3.87. The molecule has 1 saturated heterocycles. The standard InChI is InChI=1S/C18H25N5O2S/c1-3-22(4-2)26(24,25)23-13-7-8-17(23)16-11-10-15(14-20-16)21-18-9-5-6-12-19-18/h5-6,9-12,14,17H,3-4,7-8,13H2,1-2H3,(H,19,21). The molecule has 2 aromatic heterocycles. The quantitative estimate of drug-likeness (QED) is 0.805. The summed E-state index contributed by atoms with van der Waals surface area (Å²) in [6, 6.07) is 9.25. The van der Waals surface area contributed by atoms with Crippen molar-refractivity contribution >= 4 is 21.7 Å². The van der Waals surface area contributed by atoms with E-state index in [1.54, 1.807) is 16.7 Å². The van der Waals surface area contributed by atoms with Gasteiger partial charge in [0.1, 0.15) is 5.82 Å². The van der Waals surface area contributed by atoms with Crippen LogP contribution in [0.25, 0.3) is 0 Å². The second-order valence-corrected chi connectivity index (χ2v) is 8.05. The Labute approximate surface area is 155 Å². The fraction of sp³-hybridized carbons (Fsp3) is 0.444. The van der Waals surface area contributed by atoms with Crippen molar-refractivity contribution in [1.82, 2.24) is 18.6 Å². The summed E-state index contributed by atoms with van der Waals surface area (Å²) < 4.78 is 28.9. The summed E-state index contributed by atoms with van der Waals surface area (Å²) in [5.41, 5.74) is 1.60. The topological polar surface area (TPSA) is 78.4 Å². The van der Waals surface area contributed by atoms with Crippen molar-refractivity contribution < 1.29 is 8.42 Å². The minimum atomic E-state index is -3.46. The molecule has 0 amide bonds. The van der Waals surface area contributed by atoms with E-state index in [4.69, 9.17) is 0 Å². The van der Waals surface area contributed by atoms with Gasteiger partial charge in [-0.05, 0) is 37.1 Å². The van der Waals surface area contributed by atoms with E-state index in [0.717, 1.165) is 30.0 Å². The van der Waals surface area contributed by atoms with Crippen LogP contribution in [0.2, 0.25) is 0 Å². The van der Waals surface area contributed by atoms with Crippen molar-refractivity contribution in [2.24, 2.45) is 0 Å². The first-order valence-corrected chi connectivity index (χ1v) is 10.4. The summed E-state index contributed by atoms with van der Waals surface area (Å²) >= 11 is 0. The van der Waals surface area contributed by atoms with E-state index in [1.165, 1.54) is 4.31 Å². The Balaban J connectivity index is 1.77. The van der Waals surface area contributed by atoms with Crippen LogP contribution in [0.15, 0.2) is 42.7 Å². The van der Waals surface area contributed by atoms with Gasteiger partial charge in [0.05, 0.1) is 23.6 Å². The van der Waals surface area contributed by atoms with Crippen LogP contribution in [0.3, 0.4) is 0 Å². The average Bonchev–Trinajstić information content (AvgIpc) is 3.15. The predicted octanol–water partition coefficient (Wildman–Crippen LogP) is 2.94. The Kier molecular flexibility index (Phi) is 5.85. The predicted molar refractivity (Wildman–Crippen MR) is 102 cm³/mol. The van der Waals surface area contributed by atoms with E-state index in [9.17, 15) is 8.42 Å². The summed E-state index contributed by atoms with van der Waals surface area (Å²) in [6.45, 7) is 5.22. The summed E-state index contributed by atoms with van der Waals surface area (Å²) in [4.78, 5) is 8.74. The van der Waals surface area contributed by atoms with Crippen molar-refractivity contribution in [2.45, 2.75) is 32.7 Å². The van der Waals surface area contributed by atoms with Gasteiger partial charge in [0.15, 0.2) is 0 Å². The SMILES string of the molecule is CCN(CC)S(=O)(=O)N1CCCC1c1ccc(Nc2ccccn2)cn1. The van der Waals surface area contributed by atoms with Crippen LogP contribution in [-0.4, -0.2) is 46.6 Å². The zero-order valence-electron chi connectivity index (χ0n) is 15.2. The molecule has 1 unspecified atom stereocenters. The smallest absolute Gasteiger partial charge is 0.282 e. The highest BCUT2D eigenvalue weighted by Crippen LogP contribution is 2.34. The number of pyridine rings is 2. The number of hydrogen-bond donors (Lipinski definition) is 1. The van der Waals surface area contributed by atoms with E-state index in [1.807, 2.05) is 44.2 Å². The van der Waals surface area contributed by atoms with Gasteiger partial charge in [-0.15, -0.1) is 0 Å². The van der Waals surface area contributed by atoms with Crippen LogP contribution < -0.4 is 5.32 Å². The summed E-state index contributed by atoms with van der Waals surface area (Å²) in [5.74, 6) is 0.744. The van der Waals surface area contributed by atoms with E-state index >= 15 is 0 Å². The molecule has 3 rings (SSSR count). The van der Waals surface area contributed by atoms with Gasteiger partial charge in [-0.3, -0.25) is 4.98 Å². The molecule has 0 spiro atoms. The maximum absolute atomic E-state index is 12.9. The Bertz CT molecular complexity index is 807. The highest BCUT2D eigenvalue weighted by atomic mass is 32.2. The molecule has 1 N–H and O–H groups in total. The second-order valence-electron chi connectivity index (χ2n) is 6.17. The fourth-order valence-electron chi connectivity index (χ4n) is 3.27. The van der Waals surface area contributed by atoms with E-state index in [0.29, 0.717) is 19.6 Å². The van der Waals surface area contributed by atoms with E-state index < -0.39 is 10.2 Å². The maximum atomic E-state index is 12.9. The lowest BCUT2D eigenvalue weighted by molar-refractivity contribution is 0.335. The summed E-state index contributed by atoms with van der Waals surface area (Å²) in [5, 5.41) is 3.19. The molecule has 0 saturated carbocycles. The molecule has 2 aromatic rings. The molecule has 1 aliphatic heterocycles. The largest absolute Gasteiger partial charge is 0.339 e. The summed E-state index contributed by atoms with van der Waals surface area (Å²) in [7, 11) is -3.46. The minimum absolute atomic E-state index is 0.204. The average molecular weight is 375 g/mol. The van der Waals surface area contributed by atoms with E-state index in [2.05, 4.69) is 15.3 Å². The van der Waals surface area contributed by atoms with Crippen molar-refractivity contribution in [2.75, 3.05) is 25.0 Å². The van der Waals surface area contributed by atoms with Crippen molar-refractivity contribution in [1.29, 1.82) is 0 Å². The second kappa shape index (κ2) is 8.11. The van der Waals surface area contributed by atoms with Crippen molar-refractivity contribution in [3.05, 3.63) is 48.4 Å². The van der Waals surface area contributed by atoms with Gasteiger partial charge in [-0.1, -0.05) is 19.9 Å². The first-order chi connectivity index (χ1) is 12.6. The highest BCUT2D eigenvalue weighted by Gasteiger charge is 2.38. The fourth-order valence-corrected chi connectivity index (χ4v) is 5.12. The van der Waals surface area contributed by atoms with Crippen LogP contribution in [-0.2, 0) is 10.2 Å². The number of nitrogens with zero attached hydrogens (tertiary/aromatic N) is 4. The van der Waals surface area contributed by atoms with Crippen LogP contribution in [0, 0.1) is 0 Å². The molecule has 1 fully saturated rings. The lowest BCUT2D eigenvalue weighted by Crippen LogP contribution is -2.43. The zero-order valence-corrected chi connectivity index (χ0v) is 16.0. The van der Waals surface area contributed by atoms with Crippen LogP contribution >= 0.6 is 0 Å². The molecular weight excluding hydrogens is 350 g/mol. The Hall–Kier alpha value is -2.03. The van der Waals surface area contributed by atoms with E-state index in [-0.39, 0.29) is 6.04 Å². The number of nitrogens with one attached hydrogen (secondary N) is 1. The first-order valence-electron chi connectivity index (χ1n) is 8.97. The molecule has 0 radical (unpaired) electrons. The molecule has 0 aromatic carbocycles. The third-order valence-electron chi connectivity index (χ3n) is 4.60. The number of aromatic nitrogens is 2. The monoisotopic (exact) mass is 375 g/mol. The molecule has 3 heterocycles. The molecule has 7 nitrogen and oxygen atoms in total. The number of rotatable bonds is 7. The normalized spacial score (nSPS) is 18.3. The molecule has 140 valence electrons. The summed E-state index contributed by atoms with van der Waals surface area (Å²) in [6.07, 6.45) is 5.09. The molecule has 0 aliphatic carbocycles. The Morgan fingerprint density at radius 1 is 1.19 bits per heavy atom. The van der Waals surface area contributed by atoms with Crippen molar-refractivity contribution in [3.8, 4) is 0 Å². The Morgan fingerprint density at radius 2 is 2.00 bits per heavy atom. The number of anilines is 2. The van der Waals surface area contributed by atoms with Gasteiger partial charge >= 0.3 is 0 Å².